The normalized spacial score (nSPS) is 21.3. The highest BCUT2D eigenvalue weighted by Gasteiger charge is 2.34. The van der Waals surface area contributed by atoms with Crippen LogP contribution in [0.25, 0.3) is 0 Å². The maximum Gasteiger partial charge on any atom is 0.243 e. The second kappa shape index (κ2) is 5.82. The molecule has 0 aromatic heterocycles. The molecule has 0 spiro atoms. The number of nitrogens with two attached hydrogens (primary N) is 1. The minimum atomic E-state index is -3.33. The van der Waals surface area contributed by atoms with Gasteiger partial charge in [-0.15, -0.1) is 0 Å². The van der Waals surface area contributed by atoms with Crippen LogP contribution in [0.4, 0.5) is 0 Å². The molecule has 0 aliphatic carbocycles. The first kappa shape index (κ1) is 13.5. The molecule has 5 heteroatoms. The molecule has 1 saturated heterocycles. The molecule has 1 heterocycles. The van der Waals surface area contributed by atoms with Gasteiger partial charge in [0.15, 0.2) is 0 Å². The Morgan fingerprint density at radius 2 is 2.00 bits per heavy atom. The van der Waals surface area contributed by atoms with Crippen molar-refractivity contribution in [2.45, 2.75) is 36.6 Å². The smallest absolute Gasteiger partial charge is 0.243 e. The number of hydrogen-bond donors (Lipinski definition) is 1. The molecule has 2 N–H and O–H groups in total. The van der Waals surface area contributed by atoms with Crippen LogP contribution < -0.4 is 5.73 Å². The van der Waals surface area contributed by atoms with E-state index in [0.717, 1.165) is 25.7 Å². The molecule has 18 heavy (non-hydrogen) atoms. The molecule has 1 aliphatic rings. The van der Waals surface area contributed by atoms with Gasteiger partial charge in [0, 0.05) is 12.6 Å². The number of nitrogens with zero attached hydrogens (tertiary/aromatic N) is 1. The van der Waals surface area contributed by atoms with Crippen LogP contribution in [0, 0.1) is 0 Å². The van der Waals surface area contributed by atoms with Crippen LogP contribution in [0.5, 0.6) is 0 Å². The van der Waals surface area contributed by atoms with E-state index in [1.165, 1.54) is 0 Å². The van der Waals surface area contributed by atoms with Gasteiger partial charge in [-0.1, -0.05) is 18.2 Å². The molecule has 0 saturated carbocycles. The van der Waals surface area contributed by atoms with E-state index >= 15 is 0 Å². The number of sulfonamides is 1. The van der Waals surface area contributed by atoms with Crippen molar-refractivity contribution in [1.82, 2.24) is 4.31 Å². The summed E-state index contributed by atoms with van der Waals surface area (Å²) in [4.78, 5) is 0.393. The highest BCUT2D eigenvalue weighted by molar-refractivity contribution is 7.89. The van der Waals surface area contributed by atoms with Crippen molar-refractivity contribution in [3.63, 3.8) is 0 Å². The third kappa shape index (κ3) is 2.74. The molecule has 0 amide bonds. The zero-order valence-corrected chi connectivity index (χ0v) is 11.3. The van der Waals surface area contributed by atoms with Gasteiger partial charge < -0.3 is 5.73 Å². The lowest BCUT2D eigenvalue weighted by Crippen LogP contribution is -2.35. The monoisotopic (exact) mass is 268 g/mol. The third-order valence-corrected chi connectivity index (χ3v) is 5.38. The summed E-state index contributed by atoms with van der Waals surface area (Å²) in [6.45, 7) is 1.25. The fourth-order valence-electron chi connectivity index (χ4n) is 2.50. The van der Waals surface area contributed by atoms with Gasteiger partial charge >= 0.3 is 0 Å². The van der Waals surface area contributed by atoms with Crippen LogP contribution in [0.2, 0.25) is 0 Å². The van der Waals surface area contributed by atoms with E-state index in [1.54, 1.807) is 28.6 Å². The Morgan fingerprint density at radius 1 is 1.28 bits per heavy atom. The van der Waals surface area contributed by atoms with Gasteiger partial charge in [-0.05, 0) is 44.4 Å². The van der Waals surface area contributed by atoms with E-state index < -0.39 is 10.0 Å². The van der Waals surface area contributed by atoms with E-state index in [0.29, 0.717) is 18.0 Å². The zero-order valence-electron chi connectivity index (χ0n) is 10.5. The van der Waals surface area contributed by atoms with Crippen molar-refractivity contribution >= 4 is 10.0 Å². The van der Waals surface area contributed by atoms with Crippen LogP contribution in [0.3, 0.4) is 0 Å². The van der Waals surface area contributed by atoms with Gasteiger partial charge in [0.05, 0.1) is 4.90 Å². The van der Waals surface area contributed by atoms with Crippen LogP contribution in [0.15, 0.2) is 35.2 Å². The van der Waals surface area contributed by atoms with Gasteiger partial charge in [0.1, 0.15) is 0 Å². The molecular formula is C13H20N2O2S. The molecule has 100 valence electrons. The number of benzene rings is 1. The molecule has 4 nitrogen and oxygen atoms in total. The highest BCUT2D eigenvalue weighted by atomic mass is 32.2. The Balaban J connectivity index is 2.19. The van der Waals surface area contributed by atoms with Crippen LogP contribution in [-0.4, -0.2) is 31.9 Å². The summed E-state index contributed by atoms with van der Waals surface area (Å²) >= 11 is 0. The predicted molar refractivity (Wildman–Crippen MR) is 71.6 cm³/mol. The van der Waals surface area contributed by atoms with Crippen molar-refractivity contribution in [2.75, 3.05) is 13.1 Å². The Labute approximate surface area is 109 Å². The minimum Gasteiger partial charge on any atom is -0.330 e. The largest absolute Gasteiger partial charge is 0.330 e. The van der Waals surface area contributed by atoms with Crippen molar-refractivity contribution in [2.24, 2.45) is 5.73 Å². The number of hydrogen-bond acceptors (Lipinski definition) is 3. The van der Waals surface area contributed by atoms with Gasteiger partial charge in [-0.3, -0.25) is 0 Å². The third-order valence-electron chi connectivity index (χ3n) is 3.41. The molecule has 1 unspecified atom stereocenters. The predicted octanol–water partition coefficient (Wildman–Crippen LogP) is 1.58. The molecule has 1 aliphatic heterocycles. The first-order valence-corrected chi connectivity index (χ1v) is 7.87. The maximum atomic E-state index is 12.5. The van der Waals surface area contributed by atoms with Crippen molar-refractivity contribution in [3.8, 4) is 0 Å². The Hall–Kier alpha value is -0.910. The SMILES string of the molecule is NCCCC1CCCN1S(=O)(=O)c1ccccc1. The molecule has 0 bridgehead atoms. The standard InChI is InChI=1S/C13H20N2O2S/c14-10-4-6-12-7-5-11-15(12)18(16,17)13-8-2-1-3-9-13/h1-3,8-9,12H,4-7,10-11,14H2. The summed E-state index contributed by atoms with van der Waals surface area (Å²) in [6.07, 6.45) is 3.64. The summed E-state index contributed by atoms with van der Waals surface area (Å²) < 4.78 is 26.7. The zero-order chi connectivity index (χ0) is 13.0. The van der Waals surface area contributed by atoms with E-state index in [4.69, 9.17) is 5.73 Å². The minimum absolute atomic E-state index is 0.124. The summed E-state index contributed by atoms with van der Waals surface area (Å²) in [5, 5.41) is 0. The van der Waals surface area contributed by atoms with E-state index in [1.807, 2.05) is 6.07 Å². The molecule has 0 radical (unpaired) electrons. The lowest BCUT2D eigenvalue weighted by atomic mass is 10.1. The summed E-state index contributed by atoms with van der Waals surface area (Å²) in [5.41, 5.74) is 5.50. The summed E-state index contributed by atoms with van der Waals surface area (Å²) in [7, 11) is -3.33. The van der Waals surface area contributed by atoms with Gasteiger partial charge in [-0.25, -0.2) is 8.42 Å². The van der Waals surface area contributed by atoms with Gasteiger partial charge in [0.2, 0.25) is 10.0 Å². The molecule has 1 atom stereocenters. The maximum absolute atomic E-state index is 12.5. The van der Waals surface area contributed by atoms with Gasteiger partial charge in [-0.2, -0.15) is 4.31 Å². The van der Waals surface area contributed by atoms with E-state index in [-0.39, 0.29) is 6.04 Å². The molecule has 1 fully saturated rings. The number of rotatable bonds is 5. The van der Waals surface area contributed by atoms with Crippen molar-refractivity contribution in [3.05, 3.63) is 30.3 Å². The molecule has 1 aromatic rings. The van der Waals surface area contributed by atoms with Crippen LogP contribution in [-0.2, 0) is 10.0 Å². The average Bonchev–Trinajstić information content (AvgIpc) is 2.86. The topological polar surface area (TPSA) is 63.4 Å². The Bertz CT molecular complexity index is 473. The van der Waals surface area contributed by atoms with E-state index in [9.17, 15) is 8.42 Å². The van der Waals surface area contributed by atoms with Crippen molar-refractivity contribution in [1.29, 1.82) is 0 Å². The van der Waals surface area contributed by atoms with Crippen molar-refractivity contribution < 1.29 is 8.42 Å². The fraction of sp³-hybridized carbons (Fsp3) is 0.538. The quantitative estimate of drug-likeness (QED) is 0.882. The lowest BCUT2D eigenvalue weighted by molar-refractivity contribution is 0.365. The first-order chi connectivity index (χ1) is 8.66. The Morgan fingerprint density at radius 3 is 2.67 bits per heavy atom. The van der Waals surface area contributed by atoms with Gasteiger partial charge in [0.25, 0.3) is 0 Å². The molecular weight excluding hydrogens is 248 g/mol. The summed E-state index contributed by atoms with van der Waals surface area (Å²) in [5.74, 6) is 0. The van der Waals surface area contributed by atoms with Crippen LogP contribution in [0.1, 0.15) is 25.7 Å². The Kier molecular flexibility index (Phi) is 4.37. The van der Waals surface area contributed by atoms with E-state index in [2.05, 4.69) is 0 Å². The fourth-order valence-corrected chi connectivity index (χ4v) is 4.24. The second-order valence-corrected chi connectivity index (χ2v) is 6.55. The lowest BCUT2D eigenvalue weighted by Gasteiger charge is -2.23. The molecule has 2 rings (SSSR count). The highest BCUT2D eigenvalue weighted by Crippen LogP contribution is 2.28. The van der Waals surface area contributed by atoms with Crippen LogP contribution >= 0.6 is 0 Å². The second-order valence-electron chi connectivity index (χ2n) is 4.66. The first-order valence-electron chi connectivity index (χ1n) is 6.43. The average molecular weight is 268 g/mol. The molecule has 1 aromatic carbocycles. The summed E-state index contributed by atoms with van der Waals surface area (Å²) in [6, 6.07) is 8.80.